The molecule has 3 rings (SSSR count). The zero-order valence-corrected chi connectivity index (χ0v) is 11.6. The molecule has 0 radical (unpaired) electrons. The first-order chi connectivity index (χ1) is 9.81. The summed E-state index contributed by atoms with van der Waals surface area (Å²) in [6.45, 7) is 4.54. The zero-order chi connectivity index (χ0) is 13.9. The van der Waals surface area contributed by atoms with Crippen LogP contribution in [0.15, 0.2) is 37.2 Å². The first-order valence-corrected chi connectivity index (χ1v) is 7.18. The normalized spacial score (nSPS) is 15.6. The van der Waals surface area contributed by atoms with Gasteiger partial charge in [-0.3, -0.25) is 4.98 Å². The smallest absolute Gasteiger partial charge is 0.132 e. The van der Waals surface area contributed by atoms with E-state index in [1.165, 1.54) is 25.7 Å². The average molecular weight is 268 g/mol. The van der Waals surface area contributed by atoms with Crippen LogP contribution in [0.2, 0.25) is 0 Å². The Morgan fingerprint density at radius 3 is 2.85 bits per heavy atom. The molecule has 2 N–H and O–H groups in total. The Labute approximate surface area is 119 Å². The number of hydrogen-bond donors (Lipinski definition) is 1. The molecule has 2 aromatic rings. The van der Waals surface area contributed by atoms with Gasteiger partial charge in [0.05, 0.1) is 0 Å². The summed E-state index contributed by atoms with van der Waals surface area (Å²) < 4.78 is 2.10. The lowest BCUT2D eigenvalue weighted by Crippen LogP contribution is -2.08. The second kappa shape index (κ2) is 5.49. The van der Waals surface area contributed by atoms with Crippen LogP contribution in [0.25, 0.3) is 11.3 Å². The summed E-state index contributed by atoms with van der Waals surface area (Å²) in [7, 11) is 0. The van der Waals surface area contributed by atoms with Gasteiger partial charge >= 0.3 is 0 Å². The van der Waals surface area contributed by atoms with E-state index in [2.05, 4.69) is 16.1 Å². The fourth-order valence-corrected chi connectivity index (χ4v) is 3.02. The largest absolute Gasteiger partial charge is 0.383 e. The highest BCUT2D eigenvalue weighted by Crippen LogP contribution is 2.37. The summed E-state index contributed by atoms with van der Waals surface area (Å²) in [5.74, 6) is 2.36. The Morgan fingerprint density at radius 1 is 1.40 bits per heavy atom. The van der Waals surface area contributed by atoms with Crippen LogP contribution in [-0.4, -0.2) is 14.5 Å². The van der Waals surface area contributed by atoms with Crippen molar-refractivity contribution in [2.75, 3.05) is 5.73 Å². The number of pyridine rings is 1. The van der Waals surface area contributed by atoms with Gasteiger partial charge in [0, 0.05) is 30.4 Å². The van der Waals surface area contributed by atoms with Gasteiger partial charge in [0.25, 0.3) is 0 Å². The average Bonchev–Trinajstić information content (AvgIpc) is 3.10. The molecule has 4 nitrogen and oxygen atoms in total. The molecule has 0 bridgehead atoms. The molecule has 0 saturated heterocycles. The van der Waals surface area contributed by atoms with E-state index < -0.39 is 0 Å². The van der Waals surface area contributed by atoms with Crippen molar-refractivity contribution in [2.45, 2.75) is 38.1 Å². The van der Waals surface area contributed by atoms with Crippen LogP contribution >= 0.6 is 0 Å². The fraction of sp³-hybridized carbons (Fsp3) is 0.375. The standard InChI is InChI=1S/C16H20N4/c1-2-10-20-15(17)14(13-8-5-9-18-11-13)19-16(20)12-6-3-4-7-12/h2,5,8-9,11-12H,1,3-4,6-7,10,17H2. The van der Waals surface area contributed by atoms with Gasteiger partial charge in [0.1, 0.15) is 17.3 Å². The fourth-order valence-electron chi connectivity index (χ4n) is 3.02. The lowest BCUT2D eigenvalue weighted by atomic mass is 10.1. The van der Waals surface area contributed by atoms with Crippen molar-refractivity contribution in [3.8, 4) is 11.3 Å². The maximum atomic E-state index is 6.31. The third-order valence-electron chi connectivity index (χ3n) is 4.00. The van der Waals surface area contributed by atoms with Crippen LogP contribution in [-0.2, 0) is 6.54 Å². The van der Waals surface area contributed by atoms with Crippen molar-refractivity contribution in [2.24, 2.45) is 0 Å². The minimum Gasteiger partial charge on any atom is -0.383 e. The Balaban J connectivity index is 2.07. The summed E-state index contributed by atoms with van der Waals surface area (Å²) in [5, 5.41) is 0. The van der Waals surface area contributed by atoms with E-state index >= 15 is 0 Å². The first-order valence-electron chi connectivity index (χ1n) is 7.18. The van der Waals surface area contributed by atoms with Gasteiger partial charge in [-0.25, -0.2) is 4.98 Å². The minimum atomic E-state index is 0.530. The van der Waals surface area contributed by atoms with Crippen molar-refractivity contribution in [1.82, 2.24) is 14.5 Å². The lowest BCUT2D eigenvalue weighted by Gasteiger charge is -2.11. The van der Waals surface area contributed by atoms with Crippen molar-refractivity contribution >= 4 is 5.82 Å². The topological polar surface area (TPSA) is 56.7 Å². The Morgan fingerprint density at radius 2 is 2.20 bits per heavy atom. The second-order valence-electron chi connectivity index (χ2n) is 5.33. The van der Waals surface area contributed by atoms with Crippen LogP contribution in [0.3, 0.4) is 0 Å². The molecule has 1 aliphatic carbocycles. The summed E-state index contributed by atoms with van der Waals surface area (Å²) in [6.07, 6.45) is 10.4. The maximum Gasteiger partial charge on any atom is 0.132 e. The van der Waals surface area contributed by atoms with Crippen LogP contribution in [0, 0.1) is 0 Å². The second-order valence-corrected chi connectivity index (χ2v) is 5.33. The van der Waals surface area contributed by atoms with Crippen molar-refractivity contribution in [1.29, 1.82) is 0 Å². The number of allylic oxidation sites excluding steroid dienone is 1. The summed E-state index contributed by atoms with van der Waals surface area (Å²) in [4.78, 5) is 8.99. The van der Waals surface area contributed by atoms with E-state index in [9.17, 15) is 0 Å². The highest BCUT2D eigenvalue weighted by molar-refractivity contribution is 5.70. The Kier molecular flexibility index (Phi) is 3.54. The van der Waals surface area contributed by atoms with E-state index in [4.69, 9.17) is 10.7 Å². The maximum absolute atomic E-state index is 6.31. The first kappa shape index (κ1) is 12.9. The van der Waals surface area contributed by atoms with Crippen LogP contribution in [0.1, 0.15) is 37.4 Å². The highest BCUT2D eigenvalue weighted by atomic mass is 15.1. The number of anilines is 1. The van der Waals surface area contributed by atoms with Crippen molar-refractivity contribution < 1.29 is 0 Å². The minimum absolute atomic E-state index is 0.530. The van der Waals surface area contributed by atoms with Gasteiger partial charge in [-0.2, -0.15) is 0 Å². The zero-order valence-electron chi connectivity index (χ0n) is 11.6. The monoisotopic (exact) mass is 268 g/mol. The molecule has 0 aromatic carbocycles. The molecule has 0 aliphatic heterocycles. The molecule has 0 atom stereocenters. The van der Waals surface area contributed by atoms with Crippen LogP contribution in [0.5, 0.6) is 0 Å². The molecular weight excluding hydrogens is 248 g/mol. The molecule has 2 aromatic heterocycles. The molecule has 0 amide bonds. The molecule has 1 fully saturated rings. The molecule has 2 heterocycles. The van der Waals surface area contributed by atoms with Crippen LogP contribution in [0.4, 0.5) is 5.82 Å². The molecule has 1 saturated carbocycles. The lowest BCUT2D eigenvalue weighted by molar-refractivity contribution is 0.618. The van der Waals surface area contributed by atoms with Gasteiger partial charge in [-0.15, -0.1) is 6.58 Å². The van der Waals surface area contributed by atoms with E-state index in [1.54, 1.807) is 6.20 Å². The third kappa shape index (κ3) is 2.22. The summed E-state index contributed by atoms with van der Waals surface area (Å²) in [5.41, 5.74) is 8.14. The molecule has 104 valence electrons. The summed E-state index contributed by atoms with van der Waals surface area (Å²) >= 11 is 0. The third-order valence-corrected chi connectivity index (χ3v) is 4.00. The molecule has 4 heteroatoms. The van der Waals surface area contributed by atoms with E-state index in [1.807, 2.05) is 24.4 Å². The number of hydrogen-bond acceptors (Lipinski definition) is 3. The number of nitrogens with two attached hydrogens (primary N) is 1. The number of aromatic nitrogens is 3. The van der Waals surface area contributed by atoms with Crippen molar-refractivity contribution in [3.63, 3.8) is 0 Å². The molecular formula is C16H20N4. The van der Waals surface area contributed by atoms with Gasteiger partial charge in [-0.05, 0) is 25.0 Å². The molecule has 1 aliphatic rings. The van der Waals surface area contributed by atoms with Gasteiger partial charge in [0.2, 0.25) is 0 Å². The number of nitrogens with zero attached hydrogens (tertiary/aromatic N) is 3. The van der Waals surface area contributed by atoms with Crippen LogP contribution < -0.4 is 5.73 Å². The van der Waals surface area contributed by atoms with Gasteiger partial charge in [-0.1, -0.05) is 18.9 Å². The number of nitrogen functional groups attached to an aromatic ring is 1. The molecule has 20 heavy (non-hydrogen) atoms. The van der Waals surface area contributed by atoms with E-state index in [0.29, 0.717) is 12.5 Å². The summed E-state index contributed by atoms with van der Waals surface area (Å²) in [6, 6.07) is 3.92. The highest BCUT2D eigenvalue weighted by Gasteiger charge is 2.25. The Hall–Kier alpha value is -2.10. The number of rotatable bonds is 4. The predicted octanol–water partition coefficient (Wildman–Crippen LogP) is 3.37. The van der Waals surface area contributed by atoms with Crippen molar-refractivity contribution in [3.05, 3.63) is 43.0 Å². The van der Waals surface area contributed by atoms with Gasteiger partial charge in [0.15, 0.2) is 0 Å². The molecule has 0 unspecified atom stereocenters. The van der Waals surface area contributed by atoms with E-state index in [0.717, 1.165) is 22.9 Å². The Bertz CT molecular complexity index is 594. The predicted molar refractivity (Wildman–Crippen MR) is 81.3 cm³/mol. The quantitative estimate of drug-likeness (QED) is 0.865. The molecule has 0 spiro atoms. The number of imidazole rings is 1. The SMILES string of the molecule is C=CCn1c(C2CCCC2)nc(-c2cccnc2)c1N. The van der Waals surface area contributed by atoms with E-state index in [-0.39, 0.29) is 0 Å². The van der Waals surface area contributed by atoms with Gasteiger partial charge < -0.3 is 10.3 Å².